The maximum absolute atomic E-state index is 11.0. The molecule has 1 atom stereocenters. The summed E-state index contributed by atoms with van der Waals surface area (Å²) < 4.78 is 0. The van der Waals surface area contributed by atoms with E-state index in [4.69, 9.17) is 0 Å². The first-order valence-corrected chi connectivity index (χ1v) is 5.64. The second-order valence-corrected chi connectivity index (χ2v) is 4.29. The molecule has 2 rings (SSSR count). The fourth-order valence-electron chi connectivity index (χ4n) is 1.88. The smallest absolute Gasteiger partial charge is 0.220 e. The van der Waals surface area contributed by atoms with Gasteiger partial charge in [-0.2, -0.15) is 0 Å². The van der Waals surface area contributed by atoms with Crippen molar-refractivity contribution in [1.82, 2.24) is 15.6 Å². The summed E-state index contributed by atoms with van der Waals surface area (Å²) >= 11 is 0. The predicted octanol–water partition coefficient (Wildman–Crippen LogP) is 0.758. The van der Waals surface area contributed by atoms with Gasteiger partial charge in [0, 0.05) is 37.9 Å². The highest BCUT2D eigenvalue weighted by Crippen LogP contribution is 2.05. The number of nitrogens with zero attached hydrogens (tertiary/aromatic N) is 1. The average molecular weight is 219 g/mol. The molecule has 2 heterocycles. The molecule has 4 heteroatoms. The molecule has 86 valence electrons. The van der Waals surface area contributed by atoms with E-state index in [1.165, 1.54) is 11.1 Å². The van der Waals surface area contributed by atoms with Crippen LogP contribution in [0.3, 0.4) is 0 Å². The molecule has 0 aromatic carbocycles. The summed E-state index contributed by atoms with van der Waals surface area (Å²) in [6, 6.07) is 2.51. The maximum Gasteiger partial charge on any atom is 0.220 e. The Hall–Kier alpha value is -1.42. The van der Waals surface area contributed by atoms with Crippen LogP contribution in [-0.2, 0) is 11.3 Å². The van der Waals surface area contributed by atoms with Crippen molar-refractivity contribution in [2.45, 2.75) is 32.4 Å². The molecular formula is C12H17N3O. The third kappa shape index (κ3) is 3.03. The summed E-state index contributed by atoms with van der Waals surface area (Å²) in [5, 5.41) is 6.29. The largest absolute Gasteiger partial charge is 0.355 e. The molecule has 0 bridgehead atoms. The van der Waals surface area contributed by atoms with Crippen molar-refractivity contribution < 1.29 is 4.79 Å². The Labute approximate surface area is 95.5 Å². The maximum atomic E-state index is 11.0. The molecule has 0 spiro atoms. The second-order valence-electron chi connectivity index (χ2n) is 4.29. The van der Waals surface area contributed by atoms with E-state index in [2.05, 4.69) is 21.7 Å². The topological polar surface area (TPSA) is 54.0 Å². The number of aryl methyl sites for hydroxylation is 1. The molecular weight excluding hydrogens is 202 g/mol. The molecule has 0 radical (unpaired) electrons. The number of amides is 1. The molecule has 1 aliphatic rings. The number of nitrogens with one attached hydrogen (secondary N) is 2. The van der Waals surface area contributed by atoms with E-state index in [9.17, 15) is 4.79 Å². The van der Waals surface area contributed by atoms with E-state index in [1.54, 1.807) is 0 Å². The van der Waals surface area contributed by atoms with Gasteiger partial charge in [-0.1, -0.05) is 6.07 Å². The summed E-state index contributed by atoms with van der Waals surface area (Å²) in [6.45, 7) is 3.59. The van der Waals surface area contributed by atoms with Crippen molar-refractivity contribution in [3.05, 3.63) is 29.6 Å². The minimum absolute atomic E-state index is 0.162. The number of rotatable bonds is 3. The lowest BCUT2D eigenvalue weighted by atomic mass is 10.1. The van der Waals surface area contributed by atoms with Crippen molar-refractivity contribution in [2.24, 2.45) is 0 Å². The molecule has 1 saturated heterocycles. The van der Waals surface area contributed by atoms with Crippen LogP contribution in [0.4, 0.5) is 0 Å². The molecule has 2 N–H and O–H groups in total. The molecule has 0 aliphatic carbocycles. The van der Waals surface area contributed by atoms with Crippen LogP contribution in [0.25, 0.3) is 0 Å². The summed E-state index contributed by atoms with van der Waals surface area (Å²) in [7, 11) is 0. The lowest BCUT2D eigenvalue weighted by Gasteiger charge is -2.23. The van der Waals surface area contributed by atoms with Crippen molar-refractivity contribution >= 4 is 5.91 Å². The first-order valence-electron chi connectivity index (χ1n) is 5.64. The van der Waals surface area contributed by atoms with Gasteiger partial charge in [-0.3, -0.25) is 9.78 Å². The lowest BCUT2D eigenvalue weighted by molar-refractivity contribution is -0.122. The standard InChI is InChI=1S/C12H17N3O/c1-9-4-10(6-13-5-9)7-14-11-2-3-12(16)15-8-11/h4-6,11,14H,2-3,7-8H2,1H3,(H,15,16). The molecule has 1 aliphatic heterocycles. The van der Waals surface area contributed by atoms with Crippen molar-refractivity contribution in [3.63, 3.8) is 0 Å². The number of piperidine rings is 1. The monoisotopic (exact) mass is 219 g/mol. The highest BCUT2D eigenvalue weighted by Gasteiger charge is 2.16. The Morgan fingerprint density at radius 1 is 1.56 bits per heavy atom. The van der Waals surface area contributed by atoms with Crippen molar-refractivity contribution in [1.29, 1.82) is 0 Å². The van der Waals surface area contributed by atoms with Gasteiger partial charge in [-0.25, -0.2) is 0 Å². The SMILES string of the molecule is Cc1cncc(CNC2CCC(=O)NC2)c1. The van der Waals surface area contributed by atoms with E-state index in [1.807, 2.05) is 19.3 Å². The zero-order valence-corrected chi connectivity index (χ0v) is 9.49. The molecule has 1 unspecified atom stereocenters. The first kappa shape index (κ1) is 11.1. The molecule has 1 aromatic heterocycles. The minimum atomic E-state index is 0.162. The fraction of sp³-hybridized carbons (Fsp3) is 0.500. The number of carbonyl (C=O) groups is 1. The molecule has 1 aromatic rings. The van der Waals surface area contributed by atoms with Crippen molar-refractivity contribution in [2.75, 3.05) is 6.54 Å². The van der Waals surface area contributed by atoms with Crippen LogP contribution in [0.1, 0.15) is 24.0 Å². The van der Waals surface area contributed by atoms with Gasteiger partial charge in [-0.05, 0) is 24.5 Å². The highest BCUT2D eigenvalue weighted by atomic mass is 16.1. The number of hydrogen-bond donors (Lipinski definition) is 2. The molecule has 1 fully saturated rings. The van der Waals surface area contributed by atoms with Gasteiger partial charge < -0.3 is 10.6 Å². The Bertz CT molecular complexity index is 368. The molecule has 16 heavy (non-hydrogen) atoms. The third-order valence-electron chi connectivity index (χ3n) is 2.79. The summed E-state index contributed by atoms with van der Waals surface area (Å²) in [4.78, 5) is 15.1. The van der Waals surface area contributed by atoms with Gasteiger partial charge in [0.2, 0.25) is 5.91 Å². The van der Waals surface area contributed by atoms with Gasteiger partial charge in [0.1, 0.15) is 0 Å². The van der Waals surface area contributed by atoms with Crippen LogP contribution in [0.5, 0.6) is 0 Å². The van der Waals surface area contributed by atoms with Crippen LogP contribution < -0.4 is 10.6 Å². The van der Waals surface area contributed by atoms with Crippen LogP contribution in [0.2, 0.25) is 0 Å². The normalized spacial score (nSPS) is 20.6. The Kier molecular flexibility index (Phi) is 3.51. The number of aromatic nitrogens is 1. The summed E-state index contributed by atoms with van der Waals surface area (Å²) in [6.07, 6.45) is 5.28. The predicted molar refractivity (Wildman–Crippen MR) is 61.8 cm³/mol. The van der Waals surface area contributed by atoms with Crippen LogP contribution in [-0.4, -0.2) is 23.5 Å². The van der Waals surface area contributed by atoms with Gasteiger partial charge >= 0.3 is 0 Å². The minimum Gasteiger partial charge on any atom is -0.355 e. The molecule has 0 saturated carbocycles. The summed E-state index contributed by atoms with van der Waals surface area (Å²) in [5.41, 5.74) is 2.37. The lowest BCUT2D eigenvalue weighted by Crippen LogP contribution is -2.45. The van der Waals surface area contributed by atoms with Gasteiger partial charge in [0.25, 0.3) is 0 Å². The van der Waals surface area contributed by atoms with Gasteiger partial charge in [-0.15, -0.1) is 0 Å². The first-order chi connectivity index (χ1) is 7.74. The Morgan fingerprint density at radius 2 is 2.44 bits per heavy atom. The summed E-state index contributed by atoms with van der Waals surface area (Å²) in [5.74, 6) is 0.162. The van der Waals surface area contributed by atoms with E-state index in [0.29, 0.717) is 12.5 Å². The van der Waals surface area contributed by atoms with E-state index in [-0.39, 0.29) is 5.91 Å². The number of hydrogen-bond acceptors (Lipinski definition) is 3. The third-order valence-corrected chi connectivity index (χ3v) is 2.79. The number of carbonyl (C=O) groups excluding carboxylic acids is 1. The molecule has 4 nitrogen and oxygen atoms in total. The highest BCUT2D eigenvalue weighted by molar-refractivity contribution is 5.76. The fourth-order valence-corrected chi connectivity index (χ4v) is 1.88. The van der Waals surface area contributed by atoms with Crippen LogP contribution in [0, 0.1) is 6.92 Å². The van der Waals surface area contributed by atoms with Crippen LogP contribution >= 0.6 is 0 Å². The van der Waals surface area contributed by atoms with E-state index in [0.717, 1.165) is 19.5 Å². The quantitative estimate of drug-likeness (QED) is 0.789. The van der Waals surface area contributed by atoms with Gasteiger partial charge in [0.05, 0.1) is 0 Å². The van der Waals surface area contributed by atoms with Gasteiger partial charge in [0.15, 0.2) is 0 Å². The Balaban J connectivity index is 1.81. The van der Waals surface area contributed by atoms with E-state index < -0.39 is 0 Å². The second kappa shape index (κ2) is 5.07. The van der Waals surface area contributed by atoms with Crippen LogP contribution in [0.15, 0.2) is 18.5 Å². The average Bonchev–Trinajstić information content (AvgIpc) is 2.28. The molecule has 1 amide bonds. The zero-order chi connectivity index (χ0) is 11.4. The Morgan fingerprint density at radius 3 is 3.12 bits per heavy atom. The number of pyridine rings is 1. The van der Waals surface area contributed by atoms with Crippen molar-refractivity contribution in [3.8, 4) is 0 Å². The van der Waals surface area contributed by atoms with E-state index >= 15 is 0 Å². The zero-order valence-electron chi connectivity index (χ0n) is 9.49.